The number of hydrogen-bond donors (Lipinski definition) is 5. The molecule has 2 bridgehead atoms. The third-order valence-electron chi connectivity index (χ3n) is 11.5. The summed E-state index contributed by atoms with van der Waals surface area (Å²) < 4.78 is 26.8. The Morgan fingerprint density at radius 3 is 2.38 bits per heavy atom. The molecule has 11 heteroatoms. The summed E-state index contributed by atoms with van der Waals surface area (Å²) in [5, 5.41) is 28.0. The number of H-pyrrole nitrogens is 1. The van der Waals surface area contributed by atoms with Crippen LogP contribution >= 0.6 is 0 Å². The lowest BCUT2D eigenvalue weighted by molar-refractivity contribution is -0.0336. The van der Waals surface area contributed by atoms with Crippen LogP contribution in [0.2, 0.25) is 0 Å². The fraction of sp³-hybridized carbons (Fsp3) is 0.404. The Morgan fingerprint density at radius 2 is 1.62 bits per heavy atom. The molecule has 3 saturated heterocycles. The number of aliphatic hydroxyl groups excluding tert-OH is 1. The van der Waals surface area contributed by atoms with E-state index in [4.69, 9.17) is 9.47 Å². The lowest BCUT2D eigenvalue weighted by Crippen LogP contribution is -2.52. The lowest BCUT2D eigenvalue weighted by Gasteiger charge is -2.43. The highest BCUT2D eigenvalue weighted by molar-refractivity contribution is 5.87. The van der Waals surface area contributed by atoms with Gasteiger partial charge in [-0.05, 0) is 122 Å². The fourth-order valence-electron chi connectivity index (χ4n) is 8.37. The summed E-state index contributed by atoms with van der Waals surface area (Å²) in [5.41, 5.74) is 3.95. The minimum atomic E-state index is -0.767. The van der Waals surface area contributed by atoms with Crippen molar-refractivity contribution in [1.82, 2.24) is 20.5 Å². The number of phenolic OH excluding ortho intramolecular Hbond substituents is 1. The van der Waals surface area contributed by atoms with Crippen LogP contribution in [-0.4, -0.2) is 71.6 Å². The molecular weight excluding hydrogens is 736 g/mol. The summed E-state index contributed by atoms with van der Waals surface area (Å²) in [7, 11) is 0. The number of aliphatic hydroxyl groups is 1. The number of carbonyl (C=O) groups is 1. The minimum Gasteiger partial charge on any atom is -0.506 e. The summed E-state index contributed by atoms with van der Waals surface area (Å²) in [6.07, 6.45) is 8.14. The van der Waals surface area contributed by atoms with Crippen LogP contribution in [0.25, 0.3) is 22.0 Å². The first-order chi connectivity index (χ1) is 28.3. The number of phenols is 1. The van der Waals surface area contributed by atoms with Crippen LogP contribution in [-0.2, 0) is 4.74 Å². The van der Waals surface area contributed by atoms with Crippen LogP contribution in [0.3, 0.4) is 0 Å². The lowest BCUT2D eigenvalue weighted by atomic mass is 9.86. The Balaban J connectivity index is 0.880. The number of unbranched alkanes of at least 4 members (excludes halogenated alkanes) is 6. The first-order valence-electron chi connectivity index (χ1n) is 20.8. The summed E-state index contributed by atoms with van der Waals surface area (Å²) in [5.74, 6) is 0.718. The Hall–Kier alpha value is -5.23. The van der Waals surface area contributed by atoms with Gasteiger partial charge in [-0.25, -0.2) is 9.18 Å². The number of nitrogens with zero attached hydrogens (tertiary/aromatic N) is 1. The molecule has 3 aliphatic heterocycles. The van der Waals surface area contributed by atoms with E-state index in [-0.39, 0.29) is 23.2 Å². The largest absolute Gasteiger partial charge is 0.506 e. The number of alkyl carbamates (subject to hydrolysis) is 1. The summed E-state index contributed by atoms with van der Waals surface area (Å²) in [6.45, 7) is 4.61. The number of amides is 1. The number of carbonyl (C=O) groups excluding carboxylic acids is 1. The van der Waals surface area contributed by atoms with Crippen LogP contribution < -0.4 is 20.9 Å². The average Bonchev–Trinajstić information content (AvgIpc) is 3.24. The smallest absolute Gasteiger partial charge is 0.408 e. The van der Waals surface area contributed by atoms with E-state index in [1.54, 1.807) is 18.2 Å². The van der Waals surface area contributed by atoms with Crippen LogP contribution in [0.15, 0.2) is 102 Å². The third-order valence-corrected chi connectivity index (χ3v) is 11.5. The van der Waals surface area contributed by atoms with Crippen LogP contribution in [0.4, 0.5) is 9.18 Å². The molecule has 1 unspecified atom stereocenters. The normalized spacial score (nSPS) is 18.5. The number of rotatable bonds is 19. The van der Waals surface area contributed by atoms with E-state index in [2.05, 4.69) is 20.5 Å². The number of benzene rings is 4. The highest BCUT2D eigenvalue weighted by atomic mass is 19.1. The molecule has 1 aromatic heterocycles. The Labute approximate surface area is 339 Å². The maximum Gasteiger partial charge on any atom is 0.408 e. The molecule has 1 amide bonds. The SMILES string of the molecule is O=C(NC(c1ccccc1)c1cc(OCCCCCCCCCNC[C@H](O)c2ccc(O)c3[nH]c(=O)ccc23)cc(-c2cccc(F)c2)c1)O[C@H]1CN2CCC1CC2. The number of pyridine rings is 1. The molecule has 4 heterocycles. The van der Waals surface area contributed by atoms with E-state index < -0.39 is 18.2 Å². The second-order valence-corrected chi connectivity index (χ2v) is 15.7. The second-order valence-electron chi connectivity index (χ2n) is 15.7. The fourth-order valence-corrected chi connectivity index (χ4v) is 8.37. The number of nitrogens with one attached hydrogen (secondary N) is 3. The van der Waals surface area contributed by atoms with E-state index in [1.807, 2.05) is 54.6 Å². The maximum absolute atomic E-state index is 14.4. The third kappa shape index (κ3) is 10.8. The first kappa shape index (κ1) is 40.9. The zero-order valence-electron chi connectivity index (χ0n) is 33.0. The Kier molecular flexibility index (Phi) is 14.1. The van der Waals surface area contributed by atoms with Crippen molar-refractivity contribution in [2.24, 2.45) is 5.92 Å². The van der Waals surface area contributed by atoms with Gasteiger partial charge in [-0.1, -0.05) is 80.6 Å². The van der Waals surface area contributed by atoms with Crippen molar-refractivity contribution in [3.63, 3.8) is 0 Å². The molecule has 5 N–H and O–H groups in total. The number of piperidine rings is 3. The standard InChI is InChI=1S/C47H55FN4O6/c48-37-15-11-14-34(27-37)35-26-36(45(33-12-7-6-8-13-33)51-47(56)58-43-31-52-23-20-32(43)21-24-52)29-38(28-35)57-25-10-5-3-1-2-4-9-22-49-30-42(54)39-16-18-41(53)46-40(39)17-19-44(55)50-46/h6-8,11-19,26-29,32,42-43,45,49,53-54H,1-5,9-10,20-25,30-31H2,(H,50,55)(H,51,56)/t42-,43-,45?/m0/s1. The highest BCUT2D eigenvalue weighted by Crippen LogP contribution is 2.34. The quantitative estimate of drug-likeness (QED) is 0.0527. The molecule has 8 rings (SSSR count). The summed E-state index contributed by atoms with van der Waals surface area (Å²) >= 11 is 0. The molecule has 0 radical (unpaired) electrons. The Morgan fingerprint density at radius 1 is 0.845 bits per heavy atom. The predicted molar refractivity (Wildman–Crippen MR) is 225 cm³/mol. The van der Waals surface area contributed by atoms with Gasteiger partial charge in [-0.2, -0.15) is 0 Å². The highest BCUT2D eigenvalue weighted by Gasteiger charge is 2.37. The van der Waals surface area contributed by atoms with Crippen molar-refractivity contribution >= 4 is 17.0 Å². The topological polar surface area (TPSA) is 136 Å². The van der Waals surface area contributed by atoms with E-state index in [0.717, 1.165) is 106 Å². The van der Waals surface area contributed by atoms with E-state index in [9.17, 15) is 24.2 Å². The van der Waals surface area contributed by atoms with Crippen molar-refractivity contribution < 1.29 is 28.9 Å². The van der Waals surface area contributed by atoms with Gasteiger partial charge in [0.25, 0.3) is 0 Å². The molecular formula is C47H55FN4O6. The number of aromatic hydroxyl groups is 1. The first-order valence-corrected chi connectivity index (χ1v) is 20.8. The molecule has 0 aliphatic carbocycles. The van der Waals surface area contributed by atoms with Gasteiger partial charge in [0.2, 0.25) is 5.56 Å². The number of aromatic amines is 1. The Bertz CT molecular complexity index is 2170. The molecule has 4 aromatic carbocycles. The summed E-state index contributed by atoms with van der Waals surface area (Å²) in [6, 6.07) is 27.9. The summed E-state index contributed by atoms with van der Waals surface area (Å²) in [4.78, 5) is 30.2. The van der Waals surface area contributed by atoms with Gasteiger partial charge >= 0.3 is 6.09 Å². The molecule has 3 atom stereocenters. The van der Waals surface area contributed by atoms with E-state index in [0.29, 0.717) is 41.3 Å². The molecule has 3 aliphatic rings. The molecule has 10 nitrogen and oxygen atoms in total. The predicted octanol–water partition coefficient (Wildman–Crippen LogP) is 8.38. The zero-order valence-corrected chi connectivity index (χ0v) is 33.0. The molecule has 3 fully saturated rings. The number of halogens is 1. The molecule has 0 saturated carbocycles. The maximum atomic E-state index is 14.4. The number of fused-ring (bicyclic) bond motifs is 4. The van der Waals surface area contributed by atoms with Crippen LogP contribution in [0.1, 0.15) is 86.6 Å². The van der Waals surface area contributed by atoms with E-state index >= 15 is 0 Å². The minimum absolute atomic E-state index is 0.0216. The van der Waals surface area contributed by atoms with Crippen molar-refractivity contribution in [3.8, 4) is 22.6 Å². The van der Waals surface area contributed by atoms with Gasteiger partial charge in [-0.3, -0.25) is 9.69 Å². The molecule has 58 heavy (non-hydrogen) atoms. The molecule has 0 spiro atoms. The zero-order chi connectivity index (χ0) is 40.3. The van der Waals surface area contributed by atoms with Crippen molar-refractivity contribution in [2.75, 3.05) is 39.3 Å². The average molecular weight is 791 g/mol. The monoisotopic (exact) mass is 790 g/mol. The molecule has 306 valence electrons. The van der Waals surface area contributed by atoms with Gasteiger partial charge in [0, 0.05) is 24.5 Å². The molecule has 5 aromatic rings. The number of aromatic nitrogens is 1. The van der Waals surface area contributed by atoms with Crippen molar-refractivity contribution in [2.45, 2.75) is 76.0 Å². The second kappa shape index (κ2) is 20.0. The van der Waals surface area contributed by atoms with Crippen LogP contribution in [0, 0.1) is 11.7 Å². The van der Waals surface area contributed by atoms with Crippen molar-refractivity contribution in [1.29, 1.82) is 0 Å². The number of ether oxygens (including phenoxy) is 2. The van der Waals surface area contributed by atoms with Crippen molar-refractivity contribution in [3.05, 3.63) is 130 Å². The van der Waals surface area contributed by atoms with Gasteiger partial charge in [-0.15, -0.1) is 0 Å². The number of hydrogen-bond acceptors (Lipinski definition) is 8. The van der Waals surface area contributed by atoms with Gasteiger partial charge in [0.15, 0.2) is 0 Å². The van der Waals surface area contributed by atoms with Crippen LogP contribution in [0.5, 0.6) is 11.5 Å². The van der Waals surface area contributed by atoms with E-state index in [1.165, 1.54) is 24.3 Å². The van der Waals surface area contributed by atoms with Gasteiger partial charge in [0.1, 0.15) is 23.4 Å². The van der Waals surface area contributed by atoms with Gasteiger partial charge < -0.3 is 35.3 Å². The van der Waals surface area contributed by atoms with Gasteiger partial charge in [0.05, 0.1) is 24.3 Å².